The highest BCUT2D eigenvalue weighted by Crippen LogP contribution is 2.28. The molecule has 0 aliphatic heterocycles. The van der Waals surface area contributed by atoms with E-state index >= 15 is 0 Å². The predicted molar refractivity (Wildman–Crippen MR) is 79.3 cm³/mol. The van der Waals surface area contributed by atoms with E-state index in [4.69, 9.17) is 4.98 Å². The molecule has 3 heteroatoms. The molecule has 2 aromatic rings. The molecule has 0 atom stereocenters. The van der Waals surface area contributed by atoms with Crippen molar-refractivity contribution in [1.29, 1.82) is 0 Å². The third-order valence-corrected chi connectivity index (χ3v) is 3.27. The Hall–Kier alpha value is -1.64. The summed E-state index contributed by atoms with van der Waals surface area (Å²) in [7, 11) is 0. The lowest BCUT2D eigenvalue weighted by atomic mass is 10.0. The van der Waals surface area contributed by atoms with Crippen molar-refractivity contribution in [2.75, 3.05) is 11.9 Å². The molecule has 0 unspecified atom stereocenters. The minimum absolute atomic E-state index is 0.198. The minimum Gasteiger partial charge on any atom is -0.370 e. The van der Waals surface area contributed by atoms with E-state index in [1.54, 1.807) is 6.07 Å². The summed E-state index contributed by atoms with van der Waals surface area (Å²) < 4.78 is 13.5. The number of rotatable bonds is 4. The fourth-order valence-electron chi connectivity index (χ4n) is 2.26. The van der Waals surface area contributed by atoms with Crippen LogP contribution in [0, 0.1) is 12.7 Å². The van der Waals surface area contributed by atoms with Crippen LogP contribution in [0.2, 0.25) is 0 Å². The number of nitrogens with one attached hydrogen (secondary N) is 1. The highest BCUT2D eigenvalue weighted by atomic mass is 19.1. The van der Waals surface area contributed by atoms with E-state index in [1.165, 1.54) is 6.07 Å². The molecule has 1 aromatic carbocycles. The average molecular weight is 260 g/mol. The summed E-state index contributed by atoms with van der Waals surface area (Å²) in [4.78, 5) is 4.70. The van der Waals surface area contributed by atoms with Gasteiger partial charge in [-0.05, 0) is 48.6 Å². The first kappa shape index (κ1) is 13.8. The quantitative estimate of drug-likeness (QED) is 0.867. The van der Waals surface area contributed by atoms with Crippen LogP contribution in [0.1, 0.15) is 44.2 Å². The van der Waals surface area contributed by atoms with Gasteiger partial charge in [0.2, 0.25) is 0 Å². The van der Waals surface area contributed by atoms with Gasteiger partial charge < -0.3 is 5.32 Å². The number of pyridine rings is 1. The van der Waals surface area contributed by atoms with Gasteiger partial charge in [0.05, 0.1) is 5.52 Å². The van der Waals surface area contributed by atoms with Gasteiger partial charge in [-0.3, -0.25) is 0 Å². The molecule has 1 heterocycles. The molecule has 0 saturated carbocycles. The summed E-state index contributed by atoms with van der Waals surface area (Å²) >= 11 is 0. The van der Waals surface area contributed by atoms with Crippen molar-refractivity contribution in [3.05, 3.63) is 35.1 Å². The van der Waals surface area contributed by atoms with E-state index in [2.05, 4.69) is 32.2 Å². The van der Waals surface area contributed by atoms with Crippen LogP contribution in [0.3, 0.4) is 0 Å². The predicted octanol–water partition coefficient (Wildman–Crippen LogP) is 4.63. The topological polar surface area (TPSA) is 24.9 Å². The van der Waals surface area contributed by atoms with Gasteiger partial charge in [-0.2, -0.15) is 0 Å². The SMILES string of the molecule is CCCNc1nc2c(C)cc(F)cc2cc1C(C)C. The van der Waals surface area contributed by atoms with Crippen molar-refractivity contribution in [3.8, 4) is 0 Å². The average Bonchev–Trinajstić information content (AvgIpc) is 2.35. The molecule has 0 amide bonds. The molecule has 0 saturated heterocycles. The molecular weight excluding hydrogens is 239 g/mol. The Balaban J connectivity index is 2.62. The van der Waals surface area contributed by atoms with Gasteiger partial charge in [-0.1, -0.05) is 20.8 Å². The lowest BCUT2D eigenvalue weighted by Crippen LogP contribution is -2.07. The number of anilines is 1. The zero-order valence-corrected chi connectivity index (χ0v) is 12.0. The molecule has 2 rings (SSSR count). The molecular formula is C16H21FN2. The second kappa shape index (κ2) is 5.55. The number of nitrogens with zero attached hydrogens (tertiary/aromatic N) is 1. The monoisotopic (exact) mass is 260 g/mol. The van der Waals surface area contributed by atoms with Gasteiger partial charge >= 0.3 is 0 Å². The van der Waals surface area contributed by atoms with Gasteiger partial charge in [0.15, 0.2) is 0 Å². The van der Waals surface area contributed by atoms with Crippen molar-refractivity contribution >= 4 is 16.7 Å². The second-order valence-corrected chi connectivity index (χ2v) is 5.30. The highest BCUT2D eigenvalue weighted by molar-refractivity contribution is 5.84. The third kappa shape index (κ3) is 2.86. The van der Waals surface area contributed by atoms with Crippen molar-refractivity contribution in [1.82, 2.24) is 4.98 Å². The zero-order chi connectivity index (χ0) is 14.0. The lowest BCUT2D eigenvalue weighted by Gasteiger charge is -2.15. The number of aromatic nitrogens is 1. The van der Waals surface area contributed by atoms with Crippen LogP contribution in [-0.2, 0) is 0 Å². The van der Waals surface area contributed by atoms with E-state index < -0.39 is 0 Å². The maximum Gasteiger partial charge on any atom is 0.130 e. The molecule has 1 N–H and O–H groups in total. The number of aryl methyl sites for hydroxylation is 1. The summed E-state index contributed by atoms with van der Waals surface area (Å²) in [5.74, 6) is 1.09. The Morgan fingerprint density at radius 1 is 1.26 bits per heavy atom. The smallest absolute Gasteiger partial charge is 0.130 e. The summed E-state index contributed by atoms with van der Waals surface area (Å²) in [5, 5.41) is 4.25. The molecule has 0 radical (unpaired) electrons. The van der Waals surface area contributed by atoms with E-state index in [1.807, 2.05) is 6.92 Å². The Kier molecular flexibility index (Phi) is 4.03. The van der Waals surface area contributed by atoms with Crippen LogP contribution in [0.25, 0.3) is 10.9 Å². The van der Waals surface area contributed by atoms with Crippen molar-refractivity contribution < 1.29 is 4.39 Å². The Bertz CT molecular complexity index is 591. The molecule has 0 fully saturated rings. The minimum atomic E-state index is -0.198. The zero-order valence-electron chi connectivity index (χ0n) is 12.0. The highest BCUT2D eigenvalue weighted by Gasteiger charge is 2.12. The van der Waals surface area contributed by atoms with E-state index in [-0.39, 0.29) is 5.82 Å². The summed E-state index contributed by atoms with van der Waals surface area (Å²) in [6.45, 7) is 9.19. The van der Waals surface area contributed by atoms with Crippen LogP contribution in [0.5, 0.6) is 0 Å². The van der Waals surface area contributed by atoms with Crippen LogP contribution in [0.4, 0.5) is 10.2 Å². The normalized spacial score (nSPS) is 11.3. The van der Waals surface area contributed by atoms with Crippen LogP contribution >= 0.6 is 0 Å². The summed E-state index contributed by atoms with van der Waals surface area (Å²) in [6, 6.07) is 5.15. The second-order valence-electron chi connectivity index (χ2n) is 5.30. The first-order valence-electron chi connectivity index (χ1n) is 6.87. The van der Waals surface area contributed by atoms with Gasteiger partial charge in [0.25, 0.3) is 0 Å². The summed E-state index contributed by atoms with van der Waals surface area (Å²) in [6.07, 6.45) is 1.06. The largest absolute Gasteiger partial charge is 0.370 e. The van der Waals surface area contributed by atoms with E-state index in [0.717, 1.165) is 40.8 Å². The molecule has 0 bridgehead atoms. The van der Waals surface area contributed by atoms with Crippen LogP contribution < -0.4 is 5.32 Å². The maximum atomic E-state index is 13.5. The maximum absolute atomic E-state index is 13.5. The number of fused-ring (bicyclic) bond motifs is 1. The van der Waals surface area contributed by atoms with Crippen molar-refractivity contribution in [2.45, 2.75) is 40.0 Å². The summed E-state index contributed by atoms with van der Waals surface area (Å²) in [5.41, 5.74) is 2.90. The molecule has 1 aromatic heterocycles. The number of halogens is 1. The first-order chi connectivity index (χ1) is 9.02. The molecule has 0 spiro atoms. The van der Waals surface area contributed by atoms with E-state index in [9.17, 15) is 4.39 Å². The van der Waals surface area contributed by atoms with Gasteiger partial charge in [0.1, 0.15) is 11.6 Å². The van der Waals surface area contributed by atoms with Crippen molar-refractivity contribution in [2.24, 2.45) is 0 Å². The fourth-order valence-corrected chi connectivity index (χ4v) is 2.26. The molecule has 2 nitrogen and oxygen atoms in total. The van der Waals surface area contributed by atoms with Gasteiger partial charge in [-0.15, -0.1) is 0 Å². The molecule has 0 aliphatic carbocycles. The Morgan fingerprint density at radius 2 is 2.00 bits per heavy atom. The fraction of sp³-hybridized carbons (Fsp3) is 0.438. The standard InChI is InChI=1S/C16H21FN2/c1-5-6-18-16-14(10(2)3)9-12-8-13(17)7-11(4)15(12)19-16/h7-10H,5-6H2,1-4H3,(H,18,19). The van der Waals surface area contributed by atoms with Crippen LogP contribution in [0.15, 0.2) is 18.2 Å². The van der Waals surface area contributed by atoms with Gasteiger partial charge in [-0.25, -0.2) is 9.37 Å². The van der Waals surface area contributed by atoms with Gasteiger partial charge in [0, 0.05) is 11.9 Å². The molecule has 102 valence electrons. The first-order valence-corrected chi connectivity index (χ1v) is 6.87. The van der Waals surface area contributed by atoms with E-state index in [0.29, 0.717) is 5.92 Å². The molecule has 0 aliphatic rings. The molecule has 19 heavy (non-hydrogen) atoms. The number of hydrogen-bond donors (Lipinski definition) is 1. The number of hydrogen-bond acceptors (Lipinski definition) is 2. The number of benzene rings is 1. The third-order valence-electron chi connectivity index (χ3n) is 3.27. The van der Waals surface area contributed by atoms with Crippen molar-refractivity contribution in [3.63, 3.8) is 0 Å². The Morgan fingerprint density at radius 3 is 2.63 bits per heavy atom. The Labute approximate surface area is 114 Å². The lowest BCUT2D eigenvalue weighted by molar-refractivity contribution is 0.628. The van der Waals surface area contributed by atoms with Crippen LogP contribution in [-0.4, -0.2) is 11.5 Å².